The zero-order valence-corrected chi connectivity index (χ0v) is 15.4. The Balaban J connectivity index is 1.93. The van der Waals surface area contributed by atoms with Gasteiger partial charge in [0.05, 0.1) is 23.8 Å². The average Bonchev–Trinajstić information content (AvgIpc) is 2.95. The van der Waals surface area contributed by atoms with Gasteiger partial charge in [-0.15, -0.1) is 0 Å². The molecule has 4 rings (SSSR count). The fourth-order valence-electron chi connectivity index (χ4n) is 4.83. The SMILES string of the molecule is O=C1N([C@@H](c2ccccc2)[C@H](O)CO)c2ccc(F)c(F)c2C12CCCCC2. The molecule has 1 amide bonds. The van der Waals surface area contributed by atoms with E-state index >= 15 is 0 Å². The number of hydrogen-bond acceptors (Lipinski definition) is 3. The van der Waals surface area contributed by atoms with Crippen LogP contribution in [0.4, 0.5) is 14.5 Å². The standard InChI is InChI=1S/C22H23F2NO3/c23-15-9-10-16-18(19(15)24)22(11-5-2-6-12-22)21(28)25(16)20(17(27)13-26)14-7-3-1-4-8-14/h1,3-4,7-10,17,20,26-27H,2,5-6,11-13H2/t17-,20+/m1/s1. The van der Waals surface area contributed by atoms with E-state index in [1.54, 1.807) is 24.3 Å². The molecule has 6 heteroatoms. The Labute approximate surface area is 162 Å². The second kappa shape index (κ2) is 7.26. The summed E-state index contributed by atoms with van der Waals surface area (Å²) in [5.41, 5.74) is -0.0986. The van der Waals surface area contributed by atoms with Crippen LogP contribution in [0.5, 0.6) is 0 Å². The molecule has 28 heavy (non-hydrogen) atoms. The van der Waals surface area contributed by atoms with Gasteiger partial charge in [0.1, 0.15) is 6.10 Å². The lowest BCUT2D eigenvalue weighted by Crippen LogP contribution is -2.47. The third kappa shape index (κ3) is 2.74. The summed E-state index contributed by atoms with van der Waals surface area (Å²) >= 11 is 0. The van der Waals surface area contributed by atoms with Gasteiger partial charge in [0.25, 0.3) is 0 Å². The van der Waals surface area contributed by atoms with Gasteiger partial charge in [-0.3, -0.25) is 4.79 Å². The third-order valence-corrected chi connectivity index (χ3v) is 6.12. The summed E-state index contributed by atoms with van der Waals surface area (Å²) in [6.45, 7) is -0.560. The number of hydrogen-bond donors (Lipinski definition) is 2. The van der Waals surface area contributed by atoms with Crippen molar-refractivity contribution in [1.82, 2.24) is 0 Å². The predicted octanol–water partition coefficient (Wildman–Crippen LogP) is 3.61. The van der Waals surface area contributed by atoms with E-state index in [4.69, 9.17) is 0 Å². The van der Waals surface area contributed by atoms with Crippen molar-refractivity contribution >= 4 is 11.6 Å². The maximum absolute atomic E-state index is 15.0. The molecule has 1 heterocycles. The van der Waals surface area contributed by atoms with E-state index < -0.39 is 35.8 Å². The minimum Gasteiger partial charge on any atom is -0.394 e. The van der Waals surface area contributed by atoms with Crippen molar-refractivity contribution in [3.05, 3.63) is 65.2 Å². The molecule has 1 fully saturated rings. The summed E-state index contributed by atoms with van der Waals surface area (Å²) in [6.07, 6.45) is 2.11. The number of carbonyl (C=O) groups is 1. The first-order valence-electron chi connectivity index (χ1n) is 9.67. The molecule has 148 valence electrons. The average molecular weight is 387 g/mol. The number of carbonyl (C=O) groups excluding carboxylic acids is 1. The second-order valence-electron chi connectivity index (χ2n) is 7.68. The van der Waals surface area contributed by atoms with Crippen LogP contribution in [-0.2, 0) is 10.2 Å². The highest BCUT2D eigenvalue weighted by Gasteiger charge is 2.55. The zero-order valence-electron chi connectivity index (χ0n) is 15.4. The molecule has 1 aliphatic heterocycles. The van der Waals surface area contributed by atoms with Crippen molar-refractivity contribution in [3.63, 3.8) is 0 Å². The van der Waals surface area contributed by atoms with E-state index in [0.29, 0.717) is 18.4 Å². The van der Waals surface area contributed by atoms with Crippen LogP contribution in [0.2, 0.25) is 0 Å². The molecule has 0 saturated heterocycles. The van der Waals surface area contributed by atoms with Crippen LogP contribution in [0, 0.1) is 11.6 Å². The van der Waals surface area contributed by atoms with Crippen LogP contribution in [0.1, 0.15) is 49.3 Å². The Kier molecular flexibility index (Phi) is 4.93. The summed E-state index contributed by atoms with van der Waals surface area (Å²) in [6, 6.07) is 10.4. The monoisotopic (exact) mass is 387 g/mol. The molecule has 1 saturated carbocycles. The molecule has 2 aromatic carbocycles. The van der Waals surface area contributed by atoms with Crippen molar-refractivity contribution in [1.29, 1.82) is 0 Å². The van der Waals surface area contributed by atoms with Gasteiger partial charge in [-0.1, -0.05) is 49.6 Å². The van der Waals surface area contributed by atoms with Crippen LogP contribution in [0.15, 0.2) is 42.5 Å². The number of anilines is 1. The Morgan fingerprint density at radius 3 is 2.36 bits per heavy atom. The number of rotatable bonds is 4. The Morgan fingerprint density at radius 1 is 1.04 bits per heavy atom. The topological polar surface area (TPSA) is 60.8 Å². The first-order chi connectivity index (χ1) is 13.5. The van der Waals surface area contributed by atoms with Gasteiger partial charge in [-0.25, -0.2) is 8.78 Å². The fraction of sp³-hybridized carbons (Fsp3) is 0.409. The third-order valence-electron chi connectivity index (χ3n) is 6.12. The smallest absolute Gasteiger partial charge is 0.238 e. The van der Waals surface area contributed by atoms with E-state index in [9.17, 15) is 23.8 Å². The van der Waals surface area contributed by atoms with Gasteiger partial charge in [0.2, 0.25) is 5.91 Å². The molecule has 2 N–H and O–H groups in total. The highest BCUT2D eigenvalue weighted by molar-refractivity contribution is 6.09. The van der Waals surface area contributed by atoms with Crippen molar-refractivity contribution in [2.45, 2.75) is 49.7 Å². The van der Waals surface area contributed by atoms with Crippen LogP contribution >= 0.6 is 0 Å². The largest absolute Gasteiger partial charge is 0.394 e. The van der Waals surface area contributed by atoms with Crippen molar-refractivity contribution in [3.8, 4) is 0 Å². The molecule has 1 spiro atoms. The normalized spacial score (nSPS) is 20.3. The Hall–Kier alpha value is -2.31. The van der Waals surface area contributed by atoms with Gasteiger partial charge in [-0.2, -0.15) is 0 Å². The van der Waals surface area contributed by atoms with Crippen molar-refractivity contribution < 1.29 is 23.8 Å². The maximum atomic E-state index is 15.0. The van der Waals surface area contributed by atoms with Gasteiger partial charge >= 0.3 is 0 Å². The molecule has 0 bridgehead atoms. The van der Waals surface area contributed by atoms with Gasteiger partial charge in [0, 0.05) is 5.56 Å². The van der Waals surface area contributed by atoms with Crippen LogP contribution in [-0.4, -0.2) is 28.8 Å². The van der Waals surface area contributed by atoms with Crippen LogP contribution in [0.25, 0.3) is 0 Å². The lowest BCUT2D eigenvalue weighted by atomic mass is 9.70. The molecule has 4 nitrogen and oxygen atoms in total. The first-order valence-corrected chi connectivity index (χ1v) is 9.67. The van der Waals surface area contributed by atoms with E-state index in [1.807, 2.05) is 6.07 Å². The molecule has 0 radical (unpaired) electrons. The summed E-state index contributed by atoms with van der Waals surface area (Å²) in [5, 5.41) is 20.2. The summed E-state index contributed by atoms with van der Waals surface area (Å²) in [4.78, 5) is 15.1. The number of aliphatic hydroxyl groups is 2. The molecule has 2 atom stereocenters. The molecule has 2 aliphatic rings. The molecule has 2 aromatic rings. The van der Waals surface area contributed by atoms with E-state index in [0.717, 1.165) is 25.3 Å². The van der Waals surface area contributed by atoms with Crippen LogP contribution in [0.3, 0.4) is 0 Å². The van der Waals surface area contributed by atoms with Gasteiger partial charge in [-0.05, 0) is 30.5 Å². The molecular weight excluding hydrogens is 364 g/mol. The summed E-state index contributed by atoms with van der Waals surface area (Å²) in [5.74, 6) is -2.29. The number of nitrogens with zero attached hydrogens (tertiary/aromatic N) is 1. The zero-order chi connectivity index (χ0) is 19.9. The fourth-order valence-corrected chi connectivity index (χ4v) is 4.83. The summed E-state index contributed by atoms with van der Waals surface area (Å²) < 4.78 is 29.1. The quantitative estimate of drug-likeness (QED) is 0.843. The number of amides is 1. The first kappa shape index (κ1) is 19.0. The maximum Gasteiger partial charge on any atom is 0.238 e. The number of halogens is 2. The van der Waals surface area contributed by atoms with Gasteiger partial charge < -0.3 is 15.1 Å². The highest BCUT2D eigenvalue weighted by Crippen LogP contribution is 2.54. The lowest BCUT2D eigenvalue weighted by molar-refractivity contribution is -0.125. The van der Waals surface area contributed by atoms with Crippen molar-refractivity contribution in [2.75, 3.05) is 11.5 Å². The minimum atomic E-state index is -1.26. The minimum absolute atomic E-state index is 0.100. The predicted molar refractivity (Wildman–Crippen MR) is 101 cm³/mol. The number of fused-ring (bicyclic) bond motifs is 2. The van der Waals surface area contributed by atoms with Crippen LogP contribution < -0.4 is 4.90 Å². The Morgan fingerprint density at radius 2 is 1.71 bits per heavy atom. The van der Waals surface area contributed by atoms with Gasteiger partial charge in [0.15, 0.2) is 11.6 Å². The molecular formula is C22H23F2NO3. The van der Waals surface area contributed by atoms with E-state index in [2.05, 4.69) is 0 Å². The second-order valence-corrected chi connectivity index (χ2v) is 7.68. The number of aliphatic hydroxyl groups excluding tert-OH is 2. The highest BCUT2D eigenvalue weighted by atomic mass is 19.2. The van der Waals surface area contributed by atoms with E-state index in [1.165, 1.54) is 11.0 Å². The lowest BCUT2D eigenvalue weighted by Gasteiger charge is -2.36. The van der Waals surface area contributed by atoms with Crippen molar-refractivity contribution in [2.24, 2.45) is 0 Å². The number of benzene rings is 2. The molecule has 0 unspecified atom stereocenters. The molecule has 1 aliphatic carbocycles. The molecule has 0 aromatic heterocycles. The Bertz CT molecular complexity index is 881. The summed E-state index contributed by atoms with van der Waals surface area (Å²) in [7, 11) is 0. The van der Waals surface area contributed by atoms with E-state index in [-0.39, 0.29) is 17.2 Å².